The molecule has 0 bridgehead atoms. The predicted molar refractivity (Wildman–Crippen MR) is 69.5 cm³/mol. The van der Waals surface area contributed by atoms with E-state index >= 15 is 0 Å². The first-order valence-electron chi connectivity index (χ1n) is 5.34. The SMILES string of the molecule is COC(C)C(C)Nc1cc(C(N)=O)ccc1Cl. The van der Waals surface area contributed by atoms with Gasteiger partial charge in [0.2, 0.25) is 5.91 Å². The fourth-order valence-electron chi connectivity index (χ4n) is 1.36. The van der Waals surface area contributed by atoms with Crippen LogP contribution in [-0.2, 0) is 4.74 Å². The molecule has 0 aliphatic carbocycles. The average molecular weight is 257 g/mol. The minimum Gasteiger partial charge on any atom is -0.380 e. The minimum atomic E-state index is -0.475. The van der Waals surface area contributed by atoms with Crippen molar-refractivity contribution in [3.8, 4) is 0 Å². The van der Waals surface area contributed by atoms with E-state index in [9.17, 15) is 4.79 Å². The summed E-state index contributed by atoms with van der Waals surface area (Å²) in [6.45, 7) is 3.92. The second-order valence-corrected chi connectivity index (χ2v) is 4.34. The van der Waals surface area contributed by atoms with Crippen LogP contribution >= 0.6 is 11.6 Å². The Kier molecular flexibility index (Phi) is 4.78. The van der Waals surface area contributed by atoms with Crippen molar-refractivity contribution >= 4 is 23.2 Å². The zero-order chi connectivity index (χ0) is 13.0. The fourth-order valence-corrected chi connectivity index (χ4v) is 1.53. The molecule has 0 saturated carbocycles. The van der Waals surface area contributed by atoms with Gasteiger partial charge in [-0.1, -0.05) is 11.6 Å². The molecule has 0 aliphatic rings. The monoisotopic (exact) mass is 256 g/mol. The number of carbonyl (C=O) groups is 1. The van der Waals surface area contributed by atoms with Crippen molar-refractivity contribution in [2.24, 2.45) is 5.73 Å². The van der Waals surface area contributed by atoms with Crippen LogP contribution in [0.3, 0.4) is 0 Å². The molecule has 1 aromatic carbocycles. The third-order valence-electron chi connectivity index (χ3n) is 2.71. The van der Waals surface area contributed by atoms with Crippen LogP contribution in [0.5, 0.6) is 0 Å². The zero-order valence-electron chi connectivity index (χ0n) is 10.2. The van der Waals surface area contributed by atoms with Gasteiger partial charge < -0.3 is 15.8 Å². The molecular weight excluding hydrogens is 240 g/mol. The number of hydrogen-bond acceptors (Lipinski definition) is 3. The van der Waals surface area contributed by atoms with E-state index < -0.39 is 5.91 Å². The van der Waals surface area contributed by atoms with E-state index in [0.29, 0.717) is 16.3 Å². The van der Waals surface area contributed by atoms with Crippen molar-refractivity contribution in [3.05, 3.63) is 28.8 Å². The molecule has 0 radical (unpaired) electrons. The summed E-state index contributed by atoms with van der Waals surface area (Å²) in [6.07, 6.45) is 0.0308. The number of rotatable bonds is 5. The van der Waals surface area contributed by atoms with E-state index in [1.54, 1.807) is 25.3 Å². The summed E-state index contributed by atoms with van der Waals surface area (Å²) in [5, 5.41) is 3.74. The average Bonchev–Trinajstić information content (AvgIpc) is 2.30. The Morgan fingerprint density at radius 1 is 1.47 bits per heavy atom. The van der Waals surface area contributed by atoms with Crippen molar-refractivity contribution in [1.82, 2.24) is 0 Å². The summed E-state index contributed by atoms with van der Waals surface area (Å²) in [7, 11) is 1.64. The number of carbonyl (C=O) groups excluding carboxylic acids is 1. The van der Waals surface area contributed by atoms with E-state index in [1.165, 1.54) is 0 Å². The number of amides is 1. The second-order valence-electron chi connectivity index (χ2n) is 3.93. The molecule has 17 heavy (non-hydrogen) atoms. The smallest absolute Gasteiger partial charge is 0.248 e. The number of hydrogen-bond donors (Lipinski definition) is 2. The summed E-state index contributed by atoms with van der Waals surface area (Å²) in [4.78, 5) is 11.1. The largest absolute Gasteiger partial charge is 0.380 e. The molecule has 0 spiro atoms. The third-order valence-corrected chi connectivity index (χ3v) is 3.04. The summed E-state index contributed by atoms with van der Waals surface area (Å²) in [5.74, 6) is -0.475. The summed E-state index contributed by atoms with van der Waals surface area (Å²) in [5.41, 5.74) is 6.32. The number of nitrogens with two attached hydrogens (primary N) is 1. The molecule has 4 nitrogen and oxygen atoms in total. The Hall–Kier alpha value is -1.26. The molecule has 0 saturated heterocycles. The van der Waals surface area contributed by atoms with Crippen LogP contribution in [0.4, 0.5) is 5.69 Å². The lowest BCUT2D eigenvalue weighted by atomic mass is 10.1. The molecule has 3 N–H and O–H groups in total. The first-order valence-corrected chi connectivity index (χ1v) is 5.72. The van der Waals surface area contributed by atoms with Gasteiger partial charge >= 0.3 is 0 Å². The molecular formula is C12H17ClN2O2. The molecule has 1 amide bonds. The lowest BCUT2D eigenvalue weighted by Gasteiger charge is -2.21. The first kappa shape index (κ1) is 13.8. The van der Waals surface area contributed by atoms with Crippen LogP contribution in [-0.4, -0.2) is 25.2 Å². The number of methoxy groups -OCH3 is 1. The number of primary amides is 1. The Labute approximate surface area is 106 Å². The van der Waals surface area contributed by atoms with Crippen molar-refractivity contribution in [2.45, 2.75) is 26.0 Å². The van der Waals surface area contributed by atoms with Gasteiger partial charge in [-0.15, -0.1) is 0 Å². The molecule has 2 unspecified atom stereocenters. The standard InChI is InChI=1S/C12H17ClN2O2/c1-7(8(2)17-3)15-11-6-9(12(14)16)4-5-10(11)13/h4-8,15H,1-3H3,(H2,14,16). The van der Waals surface area contributed by atoms with Crippen LogP contribution in [0, 0.1) is 0 Å². The Balaban J connectivity index is 2.89. The lowest BCUT2D eigenvalue weighted by molar-refractivity contribution is 0.100. The number of anilines is 1. The molecule has 5 heteroatoms. The van der Waals surface area contributed by atoms with Crippen LogP contribution in [0.1, 0.15) is 24.2 Å². The zero-order valence-corrected chi connectivity index (χ0v) is 10.9. The van der Waals surface area contributed by atoms with Gasteiger partial charge in [0.15, 0.2) is 0 Å². The van der Waals surface area contributed by atoms with Crippen molar-refractivity contribution in [2.75, 3.05) is 12.4 Å². The maximum absolute atomic E-state index is 11.1. The minimum absolute atomic E-state index is 0.0308. The molecule has 0 aliphatic heterocycles. The summed E-state index contributed by atoms with van der Waals surface area (Å²) in [6, 6.07) is 4.96. The van der Waals surface area contributed by atoms with E-state index in [-0.39, 0.29) is 12.1 Å². The highest BCUT2D eigenvalue weighted by Crippen LogP contribution is 2.24. The molecule has 94 valence electrons. The molecule has 0 aromatic heterocycles. The van der Waals surface area contributed by atoms with Crippen molar-refractivity contribution in [1.29, 1.82) is 0 Å². The van der Waals surface area contributed by atoms with Gasteiger partial charge in [0.25, 0.3) is 0 Å². The quantitative estimate of drug-likeness (QED) is 0.850. The highest BCUT2D eigenvalue weighted by molar-refractivity contribution is 6.33. The molecule has 0 fully saturated rings. The highest BCUT2D eigenvalue weighted by Gasteiger charge is 2.13. The molecule has 2 atom stereocenters. The second kappa shape index (κ2) is 5.89. The molecule has 1 aromatic rings. The van der Waals surface area contributed by atoms with Crippen LogP contribution < -0.4 is 11.1 Å². The number of halogens is 1. The van der Waals surface area contributed by atoms with Crippen LogP contribution in [0.25, 0.3) is 0 Å². The van der Waals surface area contributed by atoms with E-state index in [2.05, 4.69) is 5.32 Å². The Morgan fingerprint density at radius 3 is 2.65 bits per heavy atom. The van der Waals surface area contributed by atoms with Gasteiger partial charge in [-0.3, -0.25) is 4.79 Å². The normalized spacial score (nSPS) is 14.1. The number of benzene rings is 1. The number of nitrogens with one attached hydrogen (secondary N) is 1. The Morgan fingerprint density at radius 2 is 2.12 bits per heavy atom. The topological polar surface area (TPSA) is 64.3 Å². The fraction of sp³-hybridized carbons (Fsp3) is 0.417. The maximum atomic E-state index is 11.1. The molecule has 1 rings (SSSR count). The van der Waals surface area contributed by atoms with Crippen molar-refractivity contribution in [3.63, 3.8) is 0 Å². The third kappa shape index (κ3) is 3.61. The van der Waals surface area contributed by atoms with Crippen LogP contribution in [0.2, 0.25) is 5.02 Å². The summed E-state index contributed by atoms with van der Waals surface area (Å²) < 4.78 is 5.20. The van der Waals surface area contributed by atoms with Gasteiger partial charge in [-0.2, -0.15) is 0 Å². The predicted octanol–water partition coefficient (Wildman–Crippen LogP) is 2.27. The number of ether oxygens (including phenoxy) is 1. The Bertz CT molecular complexity index is 409. The first-order chi connectivity index (χ1) is 7.95. The van der Waals surface area contributed by atoms with Gasteiger partial charge in [0.1, 0.15) is 0 Å². The molecule has 0 heterocycles. The van der Waals surface area contributed by atoms with Crippen LogP contribution in [0.15, 0.2) is 18.2 Å². The van der Waals surface area contributed by atoms with Gasteiger partial charge in [-0.25, -0.2) is 0 Å². The maximum Gasteiger partial charge on any atom is 0.248 e. The van der Waals surface area contributed by atoms with Gasteiger partial charge in [0, 0.05) is 18.7 Å². The highest BCUT2D eigenvalue weighted by atomic mass is 35.5. The van der Waals surface area contributed by atoms with Gasteiger partial charge in [0.05, 0.1) is 16.8 Å². The summed E-state index contributed by atoms with van der Waals surface area (Å²) >= 11 is 6.04. The van der Waals surface area contributed by atoms with E-state index in [1.807, 2.05) is 13.8 Å². The van der Waals surface area contributed by atoms with Crippen molar-refractivity contribution < 1.29 is 9.53 Å². The van der Waals surface area contributed by atoms with E-state index in [0.717, 1.165) is 0 Å². The van der Waals surface area contributed by atoms with E-state index in [4.69, 9.17) is 22.1 Å². The van der Waals surface area contributed by atoms with Gasteiger partial charge in [-0.05, 0) is 32.0 Å². The lowest BCUT2D eigenvalue weighted by Crippen LogP contribution is -2.29.